The first-order chi connectivity index (χ1) is 6.18. The summed E-state index contributed by atoms with van der Waals surface area (Å²) in [6.07, 6.45) is 4.80. The van der Waals surface area contributed by atoms with Crippen molar-refractivity contribution in [3.8, 4) is 0 Å². The number of allylic oxidation sites excluding steroid dienone is 1. The summed E-state index contributed by atoms with van der Waals surface area (Å²) in [7, 11) is 0. The lowest BCUT2D eigenvalue weighted by atomic mass is 9.94. The van der Waals surface area contributed by atoms with Gasteiger partial charge in [-0.25, -0.2) is 0 Å². The fourth-order valence-electron chi connectivity index (χ4n) is 1.64. The van der Waals surface area contributed by atoms with Crippen LogP contribution in [0.15, 0.2) is 23.9 Å². The van der Waals surface area contributed by atoms with E-state index in [0.717, 1.165) is 0 Å². The first-order valence-corrected chi connectivity index (χ1v) is 4.03. The van der Waals surface area contributed by atoms with Crippen molar-refractivity contribution in [2.45, 2.75) is 6.04 Å². The number of nitro groups is 1. The van der Waals surface area contributed by atoms with Crippen LogP contribution in [0, 0.1) is 21.4 Å². The quantitative estimate of drug-likeness (QED) is 0.449. The van der Waals surface area contributed by atoms with E-state index < -0.39 is 4.92 Å². The maximum Gasteiger partial charge on any atom is 0.265 e. The lowest BCUT2D eigenvalue weighted by Gasteiger charge is -2.14. The molecule has 5 heteroatoms. The molecule has 13 heavy (non-hydrogen) atoms. The molecule has 0 spiro atoms. The highest BCUT2D eigenvalue weighted by Crippen LogP contribution is 2.22. The van der Waals surface area contributed by atoms with E-state index >= 15 is 0 Å². The van der Waals surface area contributed by atoms with Crippen molar-refractivity contribution < 1.29 is 4.92 Å². The minimum Gasteiger partial charge on any atom is -0.308 e. The molecule has 0 amide bonds. The average molecular weight is 179 g/mol. The summed E-state index contributed by atoms with van der Waals surface area (Å²) >= 11 is 0. The van der Waals surface area contributed by atoms with Gasteiger partial charge in [0.2, 0.25) is 0 Å². The number of nitrogens with zero attached hydrogens (tertiary/aromatic N) is 1. The normalized spacial score (nSPS) is 31.4. The van der Waals surface area contributed by atoms with Crippen LogP contribution in [0.5, 0.6) is 0 Å². The maximum atomic E-state index is 10.4. The fourth-order valence-corrected chi connectivity index (χ4v) is 1.64. The average Bonchev–Trinajstić information content (AvgIpc) is 2.47. The number of nitrogens with one attached hydrogen (secondary N) is 2. The van der Waals surface area contributed by atoms with Gasteiger partial charge in [-0.3, -0.25) is 10.1 Å². The largest absolute Gasteiger partial charge is 0.308 e. The molecule has 1 heterocycles. The first-order valence-electron chi connectivity index (χ1n) is 4.03. The molecule has 0 radical (unpaired) electrons. The summed E-state index contributed by atoms with van der Waals surface area (Å²) in [4.78, 5) is 10.0. The molecule has 68 valence electrons. The van der Waals surface area contributed by atoms with Gasteiger partial charge >= 0.3 is 0 Å². The Labute approximate surface area is 74.8 Å². The monoisotopic (exact) mass is 179 g/mol. The lowest BCUT2D eigenvalue weighted by molar-refractivity contribution is -0.419. The highest BCUT2D eigenvalue weighted by Gasteiger charge is 2.32. The van der Waals surface area contributed by atoms with Crippen LogP contribution in [0.3, 0.4) is 0 Å². The first kappa shape index (κ1) is 8.12. The van der Waals surface area contributed by atoms with Crippen LogP contribution >= 0.6 is 0 Å². The number of fused-ring (bicyclic) bond motifs is 1. The van der Waals surface area contributed by atoms with Crippen LogP contribution in [0.4, 0.5) is 0 Å². The minimum atomic E-state index is -0.418. The molecule has 2 N–H and O–H groups in total. The molecule has 5 nitrogen and oxygen atoms in total. The van der Waals surface area contributed by atoms with Crippen molar-refractivity contribution in [3.05, 3.63) is 34.0 Å². The van der Waals surface area contributed by atoms with Gasteiger partial charge in [0.15, 0.2) is 0 Å². The Morgan fingerprint density at radius 1 is 1.69 bits per heavy atom. The van der Waals surface area contributed by atoms with E-state index in [-0.39, 0.29) is 17.7 Å². The van der Waals surface area contributed by atoms with E-state index in [1.54, 1.807) is 12.2 Å². The Morgan fingerprint density at radius 3 is 3.15 bits per heavy atom. The van der Waals surface area contributed by atoms with E-state index in [4.69, 9.17) is 5.41 Å². The number of hydrogen-bond donors (Lipinski definition) is 2. The van der Waals surface area contributed by atoms with Gasteiger partial charge in [0.05, 0.1) is 4.92 Å². The van der Waals surface area contributed by atoms with Gasteiger partial charge < -0.3 is 10.7 Å². The van der Waals surface area contributed by atoms with Crippen LogP contribution in [0.1, 0.15) is 0 Å². The van der Waals surface area contributed by atoms with Crippen LogP contribution < -0.4 is 5.32 Å². The molecule has 1 fully saturated rings. The van der Waals surface area contributed by atoms with Gasteiger partial charge in [0, 0.05) is 36.4 Å². The summed E-state index contributed by atoms with van der Waals surface area (Å²) in [5, 5.41) is 21.1. The van der Waals surface area contributed by atoms with Crippen molar-refractivity contribution in [1.82, 2.24) is 5.32 Å². The van der Waals surface area contributed by atoms with Crippen molar-refractivity contribution >= 4 is 5.71 Å². The predicted octanol–water partition coefficient (Wildman–Crippen LogP) is 0.325. The zero-order valence-electron chi connectivity index (χ0n) is 6.86. The Hall–Kier alpha value is -1.49. The van der Waals surface area contributed by atoms with Crippen LogP contribution in [-0.4, -0.2) is 23.2 Å². The topological polar surface area (TPSA) is 79.0 Å². The van der Waals surface area contributed by atoms with Gasteiger partial charge in [-0.15, -0.1) is 0 Å². The van der Waals surface area contributed by atoms with Gasteiger partial charge in [0.1, 0.15) is 0 Å². The Kier molecular flexibility index (Phi) is 1.73. The second-order valence-electron chi connectivity index (χ2n) is 3.17. The molecule has 0 aromatic heterocycles. The molecular weight excluding hydrogens is 170 g/mol. The smallest absolute Gasteiger partial charge is 0.265 e. The van der Waals surface area contributed by atoms with Gasteiger partial charge in [-0.05, 0) is 0 Å². The zero-order valence-corrected chi connectivity index (χ0v) is 6.86. The number of hydrogen-bond acceptors (Lipinski definition) is 4. The molecule has 1 saturated heterocycles. The van der Waals surface area contributed by atoms with Crippen molar-refractivity contribution in [1.29, 1.82) is 5.41 Å². The molecule has 0 aromatic carbocycles. The third-order valence-corrected chi connectivity index (χ3v) is 2.35. The Balaban J connectivity index is 2.29. The van der Waals surface area contributed by atoms with Gasteiger partial charge in [0.25, 0.3) is 5.70 Å². The maximum absolute atomic E-state index is 10.4. The molecule has 0 saturated carbocycles. The van der Waals surface area contributed by atoms with E-state index in [1.165, 1.54) is 6.08 Å². The summed E-state index contributed by atoms with van der Waals surface area (Å²) in [6.45, 7) is 0.529. The second-order valence-corrected chi connectivity index (χ2v) is 3.17. The van der Waals surface area contributed by atoms with Crippen LogP contribution in [0.2, 0.25) is 0 Å². The molecule has 2 rings (SSSR count). The second kappa shape index (κ2) is 2.77. The summed E-state index contributed by atoms with van der Waals surface area (Å²) in [5.41, 5.74) is 0.614. The molecular formula is C8H9N3O2. The lowest BCUT2D eigenvalue weighted by Crippen LogP contribution is -2.26. The van der Waals surface area contributed by atoms with Crippen molar-refractivity contribution in [2.24, 2.45) is 5.92 Å². The third kappa shape index (κ3) is 1.27. The summed E-state index contributed by atoms with van der Waals surface area (Å²) < 4.78 is 0. The standard InChI is InChI=1S/C8H9N3O2/c9-7-4-10-8-2-1-5(11(12)13)3-6(7)8/h1-3,6,8-10H,4H2. The van der Waals surface area contributed by atoms with E-state index in [2.05, 4.69) is 5.32 Å². The molecule has 0 aromatic rings. The zero-order chi connectivity index (χ0) is 9.42. The van der Waals surface area contributed by atoms with Crippen molar-refractivity contribution in [3.63, 3.8) is 0 Å². The molecule has 1 aliphatic heterocycles. The summed E-state index contributed by atoms with van der Waals surface area (Å²) in [6, 6.07) is 0.0798. The molecule has 1 aliphatic carbocycles. The Morgan fingerprint density at radius 2 is 2.46 bits per heavy atom. The minimum absolute atomic E-state index is 0.0798. The Bertz CT molecular complexity index is 332. The van der Waals surface area contributed by atoms with Gasteiger partial charge in [-0.2, -0.15) is 0 Å². The van der Waals surface area contributed by atoms with Crippen LogP contribution in [-0.2, 0) is 0 Å². The summed E-state index contributed by atoms with van der Waals surface area (Å²) in [5.74, 6) is -0.120. The molecule has 2 aliphatic rings. The SMILES string of the molecule is N=C1CNC2C=CC([N+](=O)[O-])=CC12. The molecule has 2 unspecified atom stereocenters. The van der Waals surface area contributed by atoms with Gasteiger partial charge in [-0.1, -0.05) is 6.08 Å². The highest BCUT2D eigenvalue weighted by atomic mass is 16.6. The van der Waals surface area contributed by atoms with Crippen LogP contribution in [0.25, 0.3) is 0 Å². The number of rotatable bonds is 1. The fraction of sp³-hybridized carbons (Fsp3) is 0.375. The van der Waals surface area contributed by atoms with Crippen molar-refractivity contribution in [2.75, 3.05) is 6.54 Å². The van der Waals surface area contributed by atoms with E-state index in [1.807, 2.05) is 0 Å². The predicted molar refractivity (Wildman–Crippen MR) is 47.2 cm³/mol. The molecule has 0 bridgehead atoms. The molecule has 2 atom stereocenters. The third-order valence-electron chi connectivity index (χ3n) is 2.35. The van der Waals surface area contributed by atoms with E-state index in [9.17, 15) is 10.1 Å². The van der Waals surface area contributed by atoms with E-state index in [0.29, 0.717) is 12.3 Å². The highest BCUT2D eigenvalue weighted by molar-refractivity contribution is 5.90.